The lowest BCUT2D eigenvalue weighted by Gasteiger charge is -2.25. The van der Waals surface area contributed by atoms with E-state index in [1.54, 1.807) is 0 Å². The Kier molecular flexibility index (Phi) is 4.68. The smallest absolute Gasteiger partial charge is 0.387 e. The highest BCUT2D eigenvalue weighted by atomic mass is 19.3. The van der Waals surface area contributed by atoms with Crippen LogP contribution in [0, 0.1) is 10.1 Å². The van der Waals surface area contributed by atoms with Gasteiger partial charge in [0.15, 0.2) is 0 Å². The van der Waals surface area contributed by atoms with Gasteiger partial charge in [-0.15, -0.1) is 0 Å². The van der Waals surface area contributed by atoms with Crippen LogP contribution in [0.4, 0.5) is 8.78 Å². The van der Waals surface area contributed by atoms with Crippen LogP contribution in [0.3, 0.4) is 0 Å². The second kappa shape index (κ2) is 6.51. The standard InChI is InChI=1S/C14H12F2N2O5/c1-7-11(13(19)20)12(9(6-17-7)18(21)22)8-4-2-3-5-10(8)23-14(15)16/h2-6,9,12,14H,1H3,(H,19,20). The molecule has 2 atom stereocenters. The molecule has 1 aliphatic heterocycles. The molecule has 0 saturated heterocycles. The van der Waals surface area contributed by atoms with Gasteiger partial charge in [0, 0.05) is 16.2 Å². The molecule has 0 spiro atoms. The van der Waals surface area contributed by atoms with Gasteiger partial charge in [-0.3, -0.25) is 15.1 Å². The molecule has 1 aromatic carbocycles. The van der Waals surface area contributed by atoms with Gasteiger partial charge in [0.2, 0.25) is 0 Å². The second-order valence-corrected chi connectivity index (χ2v) is 4.75. The van der Waals surface area contributed by atoms with Crippen LogP contribution in [-0.2, 0) is 4.79 Å². The third-order valence-corrected chi connectivity index (χ3v) is 3.41. The molecule has 1 heterocycles. The van der Waals surface area contributed by atoms with Crippen molar-refractivity contribution in [2.45, 2.75) is 25.5 Å². The van der Waals surface area contributed by atoms with Gasteiger partial charge in [0.05, 0.1) is 17.7 Å². The summed E-state index contributed by atoms with van der Waals surface area (Å²) in [6, 6.07) is 3.92. The van der Waals surface area contributed by atoms with E-state index in [0.717, 1.165) is 6.21 Å². The van der Waals surface area contributed by atoms with E-state index in [0.29, 0.717) is 0 Å². The number of para-hydroxylation sites is 1. The van der Waals surface area contributed by atoms with E-state index in [4.69, 9.17) is 0 Å². The number of nitro groups is 1. The molecular formula is C14H12F2N2O5. The molecule has 1 aromatic rings. The van der Waals surface area contributed by atoms with Crippen LogP contribution in [0.1, 0.15) is 18.4 Å². The molecule has 0 bridgehead atoms. The van der Waals surface area contributed by atoms with E-state index in [1.807, 2.05) is 0 Å². The molecule has 0 aromatic heterocycles. The number of hydrogen-bond acceptors (Lipinski definition) is 5. The van der Waals surface area contributed by atoms with E-state index in [2.05, 4.69) is 9.73 Å². The number of carboxylic acids is 1. The molecule has 0 saturated carbocycles. The number of halogens is 2. The third-order valence-electron chi connectivity index (χ3n) is 3.41. The van der Waals surface area contributed by atoms with Gasteiger partial charge in [-0.05, 0) is 13.0 Å². The van der Waals surface area contributed by atoms with Crippen molar-refractivity contribution in [2.24, 2.45) is 4.99 Å². The topological polar surface area (TPSA) is 102 Å². The van der Waals surface area contributed by atoms with Gasteiger partial charge < -0.3 is 9.84 Å². The highest BCUT2D eigenvalue weighted by molar-refractivity contribution is 5.92. The third kappa shape index (κ3) is 3.33. The average Bonchev–Trinajstić information content (AvgIpc) is 2.46. The lowest BCUT2D eigenvalue weighted by Crippen LogP contribution is -2.35. The zero-order chi connectivity index (χ0) is 17.1. The zero-order valence-corrected chi connectivity index (χ0v) is 11.8. The van der Waals surface area contributed by atoms with Crippen LogP contribution in [0.25, 0.3) is 0 Å². The molecule has 7 nitrogen and oxygen atoms in total. The van der Waals surface area contributed by atoms with Crippen molar-refractivity contribution in [3.05, 3.63) is 51.2 Å². The first-order valence-electron chi connectivity index (χ1n) is 6.48. The van der Waals surface area contributed by atoms with Gasteiger partial charge in [-0.2, -0.15) is 8.78 Å². The Balaban J connectivity index is 2.63. The molecule has 0 aliphatic carbocycles. The number of aliphatic carboxylic acids is 1. The Labute approximate surface area is 129 Å². The summed E-state index contributed by atoms with van der Waals surface area (Å²) in [6.45, 7) is -1.75. The number of allylic oxidation sites excluding steroid dienone is 1. The minimum absolute atomic E-state index is 0.00241. The summed E-state index contributed by atoms with van der Waals surface area (Å²) in [5, 5.41) is 20.6. The van der Waals surface area contributed by atoms with Crippen LogP contribution in [0.15, 0.2) is 40.5 Å². The summed E-state index contributed by atoms with van der Waals surface area (Å²) in [5.41, 5.74) is -0.246. The first-order valence-corrected chi connectivity index (χ1v) is 6.48. The summed E-state index contributed by atoms with van der Waals surface area (Å²) in [4.78, 5) is 25.8. The number of aliphatic imine (C=N–C) groups is 1. The van der Waals surface area contributed by atoms with Gasteiger partial charge in [0.1, 0.15) is 5.75 Å². The normalized spacial score (nSPS) is 20.7. The highest BCUT2D eigenvalue weighted by Crippen LogP contribution is 2.39. The Bertz CT molecular complexity index is 702. The molecule has 0 amide bonds. The molecule has 1 aliphatic rings. The molecule has 2 unspecified atom stereocenters. The van der Waals surface area contributed by atoms with E-state index in [1.165, 1.54) is 31.2 Å². The van der Waals surface area contributed by atoms with Crippen LogP contribution < -0.4 is 4.74 Å². The van der Waals surface area contributed by atoms with Gasteiger partial charge in [-0.25, -0.2) is 4.79 Å². The lowest BCUT2D eigenvalue weighted by molar-refractivity contribution is -0.504. The molecule has 9 heteroatoms. The van der Waals surface area contributed by atoms with Gasteiger partial charge >= 0.3 is 12.6 Å². The molecule has 0 radical (unpaired) electrons. The fourth-order valence-corrected chi connectivity index (χ4v) is 2.48. The largest absolute Gasteiger partial charge is 0.478 e. The Morgan fingerprint density at radius 2 is 2.09 bits per heavy atom. The molecule has 0 fully saturated rings. The van der Waals surface area contributed by atoms with E-state index >= 15 is 0 Å². The maximum absolute atomic E-state index is 12.5. The van der Waals surface area contributed by atoms with Crippen LogP contribution in [-0.4, -0.2) is 34.9 Å². The number of carbonyl (C=O) groups is 1. The van der Waals surface area contributed by atoms with E-state index in [9.17, 15) is 28.8 Å². The van der Waals surface area contributed by atoms with E-state index < -0.39 is 29.5 Å². The predicted octanol–water partition coefficient (Wildman–Crippen LogP) is 2.46. The van der Waals surface area contributed by atoms with Crippen molar-refractivity contribution in [3.8, 4) is 5.75 Å². The lowest BCUT2D eigenvalue weighted by atomic mass is 9.82. The van der Waals surface area contributed by atoms with Crippen molar-refractivity contribution in [3.63, 3.8) is 0 Å². The summed E-state index contributed by atoms with van der Waals surface area (Å²) < 4.78 is 29.5. The molecular weight excluding hydrogens is 314 g/mol. The quantitative estimate of drug-likeness (QED) is 0.661. The maximum atomic E-state index is 12.5. The van der Waals surface area contributed by atoms with Gasteiger partial charge in [-0.1, -0.05) is 18.2 Å². The number of nitrogens with zero attached hydrogens (tertiary/aromatic N) is 2. The number of benzene rings is 1. The summed E-state index contributed by atoms with van der Waals surface area (Å²) in [5.74, 6) is -2.99. The van der Waals surface area contributed by atoms with Crippen molar-refractivity contribution < 1.29 is 28.3 Å². The number of rotatable bonds is 5. The van der Waals surface area contributed by atoms with Crippen molar-refractivity contribution >= 4 is 12.2 Å². The van der Waals surface area contributed by atoms with E-state index in [-0.39, 0.29) is 22.6 Å². The highest BCUT2D eigenvalue weighted by Gasteiger charge is 2.42. The Morgan fingerprint density at radius 1 is 1.43 bits per heavy atom. The summed E-state index contributed by atoms with van der Waals surface area (Å²) in [6.07, 6.45) is 1.01. The average molecular weight is 326 g/mol. The molecule has 122 valence electrons. The Hall–Kier alpha value is -2.84. The predicted molar refractivity (Wildman–Crippen MR) is 75.4 cm³/mol. The van der Waals surface area contributed by atoms with Crippen LogP contribution >= 0.6 is 0 Å². The first kappa shape index (κ1) is 16.5. The summed E-state index contributed by atoms with van der Waals surface area (Å²) in [7, 11) is 0. The fourth-order valence-electron chi connectivity index (χ4n) is 2.48. The zero-order valence-electron chi connectivity index (χ0n) is 11.8. The number of ether oxygens (including phenoxy) is 1. The van der Waals surface area contributed by atoms with Crippen molar-refractivity contribution in [1.29, 1.82) is 0 Å². The summed E-state index contributed by atoms with van der Waals surface area (Å²) >= 11 is 0. The van der Waals surface area contributed by atoms with Crippen molar-refractivity contribution in [1.82, 2.24) is 0 Å². The molecule has 1 N–H and O–H groups in total. The molecule has 2 rings (SSSR count). The number of hydrogen-bond donors (Lipinski definition) is 1. The second-order valence-electron chi connectivity index (χ2n) is 4.75. The number of alkyl halides is 2. The minimum Gasteiger partial charge on any atom is -0.478 e. The SMILES string of the molecule is CC1=C(C(=O)O)C(c2ccccc2OC(F)F)C([N+](=O)[O-])C=N1. The molecule has 23 heavy (non-hydrogen) atoms. The first-order chi connectivity index (χ1) is 10.8. The number of carboxylic acid groups (broad SMARTS) is 1. The Morgan fingerprint density at radius 3 is 2.65 bits per heavy atom. The fraction of sp³-hybridized carbons (Fsp3) is 0.286. The van der Waals surface area contributed by atoms with Gasteiger partial charge in [0.25, 0.3) is 6.04 Å². The monoisotopic (exact) mass is 326 g/mol. The minimum atomic E-state index is -3.14. The van der Waals surface area contributed by atoms with Crippen molar-refractivity contribution in [2.75, 3.05) is 0 Å². The van der Waals surface area contributed by atoms with Crippen LogP contribution in [0.2, 0.25) is 0 Å². The van der Waals surface area contributed by atoms with Crippen LogP contribution in [0.5, 0.6) is 5.75 Å². The maximum Gasteiger partial charge on any atom is 0.387 e.